The van der Waals surface area contributed by atoms with E-state index in [1.54, 1.807) is 0 Å². The van der Waals surface area contributed by atoms with Crippen LogP contribution in [0.25, 0.3) is 11.3 Å². The lowest BCUT2D eigenvalue weighted by Gasteiger charge is -2.04. The maximum atomic E-state index is 11.1. The van der Waals surface area contributed by atoms with Gasteiger partial charge in [0.25, 0.3) is 0 Å². The van der Waals surface area contributed by atoms with Crippen molar-refractivity contribution in [3.8, 4) is 11.3 Å². The number of anilines is 1. The molecule has 0 amide bonds. The molecule has 3 N–H and O–H groups in total. The molecule has 0 bridgehead atoms. The summed E-state index contributed by atoms with van der Waals surface area (Å²) >= 11 is 0.997. The number of carbonyl (C=O) groups is 1. The molecule has 2 rings (SSSR count). The van der Waals surface area contributed by atoms with Crippen LogP contribution in [0.2, 0.25) is 0 Å². The van der Waals surface area contributed by atoms with Gasteiger partial charge in [0.1, 0.15) is 4.88 Å². The van der Waals surface area contributed by atoms with Gasteiger partial charge in [-0.25, -0.2) is 9.78 Å². The number of aromatic carboxylic acids is 1. The van der Waals surface area contributed by atoms with Gasteiger partial charge in [0, 0.05) is 5.56 Å². The molecule has 5 heteroatoms. The van der Waals surface area contributed by atoms with E-state index in [4.69, 9.17) is 10.8 Å². The Bertz CT molecular complexity index is 590. The van der Waals surface area contributed by atoms with Crippen molar-refractivity contribution >= 4 is 22.4 Å². The molecule has 0 atom stereocenters. The Morgan fingerprint density at radius 1 is 1.41 bits per heavy atom. The van der Waals surface area contributed by atoms with Crippen LogP contribution < -0.4 is 5.73 Å². The van der Waals surface area contributed by atoms with Crippen molar-refractivity contribution in [3.05, 3.63) is 34.2 Å². The molecule has 0 fully saturated rings. The minimum absolute atomic E-state index is 0.189. The number of carboxylic acid groups (broad SMARTS) is 1. The van der Waals surface area contributed by atoms with Crippen LogP contribution in [0.4, 0.5) is 5.13 Å². The molecule has 4 nitrogen and oxygen atoms in total. The standard InChI is InChI=1S/C12H12N2O2S/c1-6-3-4-8(7(2)5-6)9-10(11(15)16)17-12(13)14-9/h3-5H,1-2H3,(H2,13,14)(H,15,16). The summed E-state index contributed by atoms with van der Waals surface area (Å²) in [6, 6.07) is 5.81. The molecular weight excluding hydrogens is 236 g/mol. The summed E-state index contributed by atoms with van der Waals surface area (Å²) in [5.74, 6) is -0.992. The maximum Gasteiger partial charge on any atom is 0.348 e. The van der Waals surface area contributed by atoms with E-state index in [0.29, 0.717) is 5.69 Å². The van der Waals surface area contributed by atoms with Crippen molar-refractivity contribution < 1.29 is 9.90 Å². The van der Waals surface area contributed by atoms with E-state index in [1.165, 1.54) is 0 Å². The molecule has 2 aromatic rings. The predicted molar refractivity (Wildman–Crippen MR) is 68.4 cm³/mol. The van der Waals surface area contributed by atoms with Gasteiger partial charge in [-0.05, 0) is 19.4 Å². The molecule has 0 spiro atoms. The lowest BCUT2D eigenvalue weighted by molar-refractivity contribution is 0.0702. The first-order valence-corrected chi connectivity index (χ1v) is 5.88. The summed E-state index contributed by atoms with van der Waals surface area (Å²) in [6.45, 7) is 3.92. The summed E-state index contributed by atoms with van der Waals surface area (Å²) in [6.07, 6.45) is 0. The van der Waals surface area contributed by atoms with E-state index in [-0.39, 0.29) is 10.0 Å². The minimum Gasteiger partial charge on any atom is -0.477 e. The summed E-state index contributed by atoms with van der Waals surface area (Å²) in [4.78, 5) is 15.4. The number of nitrogens with zero attached hydrogens (tertiary/aromatic N) is 1. The lowest BCUT2D eigenvalue weighted by Crippen LogP contribution is -1.96. The number of carboxylic acids is 1. The van der Waals surface area contributed by atoms with Crippen LogP contribution in [0.3, 0.4) is 0 Å². The molecule has 0 saturated carbocycles. The summed E-state index contributed by atoms with van der Waals surface area (Å²) in [7, 11) is 0. The number of thiazole rings is 1. The highest BCUT2D eigenvalue weighted by atomic mass is 32.1. The summed E-state index contributed by atoms with van der Waals surface area (Å²) in [5.41, 5.74) is 8.98. The molecule has 1 aromatic heterocycles. The van der Waals surface area contributed by atoms with Crippen molar-refractivity contribution in [2.45, 2.75) is 13.8 Å². The molecule has 0 unspecified atom stereocenters. The number of nitrogen functional groups attached to an aromatic ring is 1. The number of hydrogen-bond acceptors (Lipinski definition) is 4. The van der Waals surface area contributed by atoms with Crippen molar-refractivity contribution in [2.75, 3.05) is 5.73 Å². The van der Waals surface area contributed by atoms with Crippen molar-refractivity contribution in [3.63, 3.8) is 0 Å². The second kappa shape index (κ2) is 4.18. The van der Waals surface area contributed by atoms with Gasteiger partial charge in [-0.2, -0.15) is 0 Å². The van der Waals surface area contributed by atoms with Crippen molar-refractivity contribution in [2.24, 2.45) is 0 Å². The van der Waals surface area contributed by atoms with Gasteiger partial charge < -0.3 is 10.8 Å². The molecule has 1 aromatic carbocycles. The highest BCUT2D eigenvalue weighted by molar-refractivity contribution is 7.17. The van der Waals surface area contributed by atoms with E-state index in [0.717, 1.165) is 28.0 Å². The lowest BCUT2D eigenvalue weighted by atomic mass is 10.0. The predicted octanol–water partition coefficient (Wildman–Crippen LogP) is 2.71. The van der Waals surface area contributed by atoms with Crippen LogP contribution in [-0.4, -0.2) is 16.1 Å². The Balaban J connectivity index is 2.63. The molecule has 0 aliphatic carbocycles. The second-order valence-electron chi connectivity index (χ2n) is 3.85. The topological polar surface area (TPSA) is 76.2 Å². The fourth-order valence-electron chi connectivity index (χ4n) is 1.74. The van der Waals surface area contributed by atoms with Crippen LogP contribution in [-0.2, 0) is 0 Å². The summed E-state index contributed by atoms with van der Waals surface area (Å²) < 4.78 is 0. The Kier molecular flexibility index (Phi) is 2.85. The van der Waals surface area contributed by atoms with Gasteiger partial charge >= 0.3 is 5.97 Å². The van der Waals surface area contributed by atoms with E-state index >= 15 is 0 Å². The molecule has 88 valence electrons. The first-order valence-electron chi connectivity index (χ1n) is 5.06. The zero-order valence-electron chi connectivity index (χ0n) is 9.52. The van der Waals surface area contributed by atoms with Crippen molar-refractivity contribution in [1.29, 1.82) is 0 Å². The molecule has 0 aliphatic rings. The minimum atomic E-state index is -0.992. The summed E-state index contributed by atoms with van der Waals surface area (Å²) in [5, 5.41) is 9.38. The SMILES string of the molecule is Cc1ccc(-c2nc(N)sc2C(=O)O)c(C)c1. The average molecular weight is 248 g/mol. The maximum absolute atomic E-state index is 11.1. The first kappa shape index (κ1) is 11.6. The molecule has 1 heterocycles. The van der Waals surface area contributed by atoms with E-state index in [2.05, 4.69) is 4.98 Å². The smallest absolute Gasteiger partial charge is 0.348 e. The number of aromatic nitrogens is 1. The molecule has 0 saturated heterocycles. The molecular formula is C12H12N2O2S. The fourth-order valence-corrected chi connectivity index (χ4v) is 2.43. The van der Waals surface area contributed by atoms with E-state index < -0.39 is 5.97 Å². The third-order valence-electron chi connectivity index (χ3n) is 2.47. The van der Waals surface area contributed by atoms with Crippen LogP contribution >= 0.6 is 11.3 Å². The van der Waals surface area contributed by atoms with Gasteiger partial charge in [0.05, 0.1) is 5.69 Å². The van der Waals surface area contributed by atoms with Gasteiger partial charge in [-0.15, -0.1) is 0 Å². The number of rotatable bonds is 2. The number of hydrogen-bond donors (Lipinski definition) is 2. The van der Waals surface area contributed by atoms with Gasteiger partial charge in [0.15, 0.2) is 5.13 Å². The monoisotopic (exact) mass is 248 g/mol. The third kappa shape index (κ3) is 2.14. The Labute approximate surface area is 103 Å². The second-order valence-corrected chi connectivity index (χ2v) is 4.88. The van der Waals surface area contributed by atoms with Crippen LogP contribution in [0.1, 0.15) is 20.8 Å². The van der Waals surface area contributed by atoms with Crippen LogP contribution in [0, 0.1) is 13.8 Å². The largest absolute Gasteiger partial charge is 0.477 e. The first-order chi connectivity index (χ1) is 7.99. The van der Waals surface area contributed by atoms with Gasteiger partial charge in [-0.1, -0.05) is 35.1 Å². The van der Waals surface area contributed by atoms with E-state index in [9.17, 15) is 4.79 Å². The van der Waals surface area contributed by atoms with E-state index in [1.807, 2.05) is 32.0 Å². The zero-order valence-corrected chi connectivity index (χ0v) is 10.3. The molecule has 0 aliphatic heterocycles. The fraction of sp³-hybridized carbons (Fsp3) is 0.167. The van der Waals surface area contributed by atoms with Crippen molar-refractivity contribution in [1.82, 2.24) is 4.98 Å². The van der Waals surface area contributed by atoms with Crippen LogP contribution in [0.5, 0.6) is 0 Å². The third-order valence-corrected chi connectivity index (χ3v) is 3.35. The van der Waals surface area contributed by atoms with Gasteiger partial charge in [0.2, 0.25) is 0 Å². The van der Waals surface area contributed by atoms with Crippen LogP contribution in [0.15, 0.2) is 18.2 Å². The quantitative estimate of drug-likeness (QED) is 0.856. The average Bonchev–Trinajstić information content (AvgIpc) is 2.60. The molecule has 0 radical (unpaired) electrons. The Morgan fingerprint density at radius 2 is 2.12 bits per heavy atom. The number of nitrogens with two attached hydrogens (primary N) is 1. The molecule has 17 heavy (non-hydrogen) atoms. The zero-order chi connectivity index (χ0) is 12.6. The highest BCUT2D eigenvalue weighted by Crippen LogP contribution is 2.31. The number of benzene rings is 1. The van der Waals surface area contributed by atoms with Gasteiger partial charge in [-0.3, -0.25) is 0 Å². The Morgan fingerprint density at radius 3 is 2.71 bits per heavy atom. The normalized spacial score (nSPS) is 10.5. The highest BCUT2D eigenvalue weighted by Gasteiger charge is 2.18. The number of aryl methyl sites for hydroxylation is 2. The Hall–Kier alpha value is -1.88.